The highest BCUT2D eigenvalue weighted by atomic mass is 32.1. The van der Waals surface area contributed by atoms with Gasteiger partial charge in [0.1, 0.15) is 0 Å². The number of amides is 1. The van der Waals surface area contributed by atoms with Gasteiger partial charge in [-0.2, -0.15) is 11.3 Å². The molecule has 1 spiro atoms. The average molecular weight is 376 g/mol. The van der Waals surface area contributed by atoms with Crippen molar-refractivity contribution in [3.05, 3.63) is 22.4 Å². The Bertz CT molecular complexity index is 590. The molecule has 3 fully saturated rings. The lowest BCUT2D eigenvalue weighted by Gasteiger charge is -2.32. The summed E-state index contributed by atoms with van der Waals surface area (Å²) in [5.41, 5.74) is 1.71. The second-order valence-corrected chi connectivity index (χ2v) is 9.55. The van der Waals surface area contributed by atoms with Crippen molar-refractivity contribution in [3.63, 3.8) is 0 Å². The van der Waals surface area contributed by atoms with E-state index in [2.05, 4.69) is 39.3 Å². The van der Waals surface area contributed by atoms with Crippen LogP contribution in [-0.4, -0.2) is 43.0 Å². The first-order valence-corrected chi connectivity index (χ1v) is 11.3. The van der Waals surface area contributed by atoms with Crippen molar-refractivity contribution in [2.75, 3.05) is 26.2 Å². The Morgan fingerprint density at radius 2 is 2.19 bits per heavy atom. The molecule has 0 radical (unpaired) electrons. The minimum atomic E-state index is 0.384. The average Bonchev–Trinajstić information content (AvgIpc) is 3.09. The van der Waals surface area contributed by atoms with Gasteiger partial charge in [0.15, 0.2) is 0 Å². The summed E-state index contributed by atoms with van der Waals surface area (Å²) >= 11 is 1.73. The fourth-order valence-corrected chi connectivity index (χ4v) is 5.76. The van der Waals surface area contributed by atoms with E-state index in [1.54, 1.807) is 11.3 Å². The Balaban J connectivity index is 1.43. The van der Waals surface area contributed by atoms with E-state index in [0.717, 1.165) is 32.7 Å². The zero-order valence-corrected chi connectivity index (χ0v) is 16.8. The SMILES string of the molecule is CC(CC(=O)N(Cc1ccsc1)C1CC12CCNCC2)C1CCCNC1. The maximum atomic E-state index is 13.3. The zero-order chi connectivity index (χ0) is 18.0. The number of hydrogen-bond acceptors (Lipinski definition) is 4. The van der Waals surface area contributed by atoms with Crippen molar-refractivity contribution in [1.82, 2.24) is 15.5 Å². The predicted molar refractivity (Wildman–Crippen MR) is 107 cm³/mol. The van der Waals surface area contributed by atoms with Crippen molar-refractivity contribution in [2.45, 2.75) is 58.0 Å². The maximum absolute atomic E-state index is 13.3. The van der Waals surface area contributed by atoms with Crippen LogP contribution in [0.3, 0.4) is 0 Å². The van der Waals surface area contributed by atoms with Gasteiger partial charge in [0.2, 0.25) is 5.91 Å². The van der Waals surface area contributed by atoms with E-state index in [1.165, 1.54) is 37.7 Å². The number of hydrogen-bond donors (Lipinski definition) is 2. The van der Waals surface area contributed by atoms with E-state index in [-0.39, 0.29) is 0 Å². The first-order valence-electron chi connectivity index (χ1n) is 10.4. The molecule has 5 heteroatoms. The van der Waals surface area contributed by atoms with Crippen molar-refractivity contribution in [3.8, 4) is 0 Å². The number of piperidine rings is 2. The fourth-order valence-electron chi connectivity index (χ4n) is 5.10. The lowest BCUT2D eigenvalue weighted by molar-refractivity contribution is -0.134. The highest BCUT2D eigenvalue weighted by molar-refractivity contribution is 7.07. The summed E-state index contributed by atoms with van der Waals surface area (Å²) in [5, 5.41) is 11.3. The van der Waals surface area contributed by atoms with Crippen LogP contribution in [0.5, 0.6) is 0 Å². The van der Waals surface area contributed by atoms with E-state index in [0.29, 0.717) is 35.6 Å². The molecule has 26 heavy (non-hydrogen) atoms. The molecule has 4 nitrogen and oxygen atoms in total. The van der Waals surface area contributed by atoms with Crippen molar-refractivity contribution < 1.29 is 4.79 Å². The summed E-state index contributed by atoms with van der Waals surface area (Å²) in [4.78, 5) is 15.6. The van der Waals surface area contributed by atoms with Crippen LogP contribution in [0.25, 0.3) is 0 Å². The maximum Gasteiger partial charge on any atom is 0.223 e. The Morgan fingerprint density at radius 1 is 1.35 bits per heavy atom. The fraction of sp³-hybridized carbons (Fsp3) is 0.762. The Hall–Kier alpha value is -0.910. The highest BCUT2D eigenvalue weighted by Crippen LogP contribution is 2.56. The third kappa shape index (κ3) is 4.00. The number of nitrogens with zero attached hydrogens (tertiary/aromatic N) is 1. The molecule has 3 atom stereocenters. The van der Waals surface area contributed by atoms with Crippen LogP contribution in [0.2, 0.25) is 0 Å². The van der Waals surface area contributed by atoms with Crippen molar-refractivity contribution in [1.29, 1.82) is 0 Å². The van der Waals surface area contributed by atoms with Gasteiger partial charge in [0.25, 0.3) is 0 Å². The molecule has 3 unspecified atom stereocenters. The molecule has 0 bridgehead atoms. The standard InChI is InChI=1S/C21H33N3OS/c1-16(18-3-2-7-23-13-18)11-20(25)24(14-17-4-10-26-15-17)19-12-21(19)5-8-22-9-6-21/h4,10,15-16,18-19,22-23H,2-3,5-9,11-14H2,1H3. The number of rotatable bonds is 6. The van der Waals surface area contributed by atoms with Crippen LogP contribution >= 0.6 is 11.3 Å². The van der Waals surface area contributed by atoms with Gasteiger partial charge in [-0.15, -0.1) is 0 Å². The monoisotopic (exact) mass is 375 g/mol. The summed E-state index contributed by atoms with van der Waals surface area (Å²) in [6.45, 7) is 7.53. The Labute approximate surface area is 161 Å². The molecular formula is C21H33N3OS. The van der Waals surface area contributed by atoms with Crippen LogP contribution in [0.15, 0.2) is 16.8 Å². The molecule has 1 aromatic rings. The van der Waals surface area contributed by atoms with Gasteiger partial charge in [0.05, 0.1) is 0 Å². The highest BCUT2D eigenvalue weighted by Gasteiger charge is 2.57. The smallest absolute Gasteiger partial charge is 0.223 e. The lowest BCUT2D eigenvalue weighted by atomic mass is 9.85. The van der Waals surface area contributed by atoms with Gasteiger partial charge < -0.3 is 15.5 Å². The van der Waals surface area contributed by atoms with Gasteiger partial charge in [-0.1, -0.05) is 6.92 Å². The van der Waals surface area contributed by atoms with Crippen LogP contribution in [-0.2, 0) is 11.3 Å². The molecular weight excluding hydrogens is 342 g/mol. The van der Waals surface area contributed by atoms with E-state index in [4.69, 9.17) is 0 Å². The quantitative estimate of drug-likeness (QED) is 0.802. The van der Waals surface area contributed by atoms with Gasteiger partial charge in [0, 0.05) is 19.0 Å². The van der Waals surface area contributed by atoms with E-state index in [9.17, 15) is 4.79 Å². The normalized spacial score (nSPS) is 28.7. The molecule has 2 aliphatic heterocycles. The lowest BCUT2D eigenvalue weighted by Crippen LogP contribution is -2.41. The second-order valence-electron chi connectivity index (χ2n) is 8.77. The number of carbonyl (C=O) groups excluding carboxylic acids is 1. The van der Waals surface area contributed by atoms with Crippen LogP contribution < -0.4 is 10.6 Å². The van der Waals surface area contributed by atoms with E-state index < -0.39 is 0 Å². The Kier molecular flexibility index (Phi) is 5.67. The van der Waals surface area contributed by atoms with Crippen molar-refractivity contribution >= 4 is 17.2 Å². The first-order chi connectivity index (χ1) is 12.7. The van der Waals surface area contributed by atoms with E-state index >= 15 is 0 Å². The van der Waals surface area contributed by atoms with Gasteiger partial charge in [-0.3, -0.25) is 4.79 Å². The van der Waals surface area contributed by atoms with Crippen molar-refractivity contribution in [2.24, 2.45) is 17.3 Å². The molecule has 0 aromatic carbocycles. The number of nitrogens with one attached hydrogen (secondary N) is 2. The van der Waals surface area contributed by atoms with Crippen LogP contribution in [0, 0.1) is 17.3 Å². The van der Waals surface area contributed by atoms with Gasteiger partial charge in [-0.25, -0.2) is 0 Å². The zero-order valence-electron chi connectivity index (χ0n) is 16.0. The molecule has 2 saturated heterocycles. The predicted octanol–water partition coefficient (Wildman–Crippen LogP) is 3.24. The van der Waals surface area contributed by atoms with Gasteiger partial charge >= 0.3 is 0 Å². The molecule has 2 N–H and O–H groups in total. The topological polar surface area (TPSA) is 44.4 Å². The molecule has 1 aliphatic carbocycles. The van der Waals surface area contributed by atoms with Gasteiger partial charge in [-0.05, 0) is 97.9 Å². The molecule has 3 aliphatic rings. The second kappa shape index (κ2) is 7.99. The summed E-state index contributed by atoms with van der Waals surface area (Å²) in [5.74, 6) is 1.51. The minimum Gasteiger partial charge on any atom is -0.335 e. The third-order valence-electron chi connectivity index (χ3n) is 7.01. The molecule has 144 valence electrons. The van der Waals surface area contributed by atoms with Crippen LogP contribution in [0.4, 0.5) is 0 Å². The molecule has 1 saturated carbocycles. The summed E-state index contributed by atoms with van der Waals surface area (Å²) in [6, 6.07) is 2.64. The Morgan fingerprint density at radius 3 is 2.88 bits per heavy atom. The molecule has 4 rings (SSSR count). The first kappa shape index (κ1) is 18.5. The number of carbonyl (C=O) groups is 1. The van der Waals surface area contributed by atoms with Crippen LogP contribution in [0.1, 0.15) is 51.0 Å². The summed E-state index contributed by atoms with van der Waals surface area (Å²) < 4.78 is 0. The molecule has 1 amide bonds. The third-order valence-corrected chi connectivity index (χ3v) is 7.74. The molecule has 1 aromatic heterocycles. The van der Waals surface area contributed by atoms with E-state index in [1.807, 2.05) is 0 Å². The summed E-state index contributed by atoms with van der Waals surface area (Å²) in [6.07, 6.45) is 6.90. The number of thiophene rings is 1. The largest absolute Gasteiger partial charge is 0.335 e. The minimum absolute atomic E-state index is 0.384. The summed E-state index contributed by atoms with van der Waals surface area (Å²) in [7, 11) is 0. The molecule has 3 heterocycles.